The molecule has 0 radical (unpaired) electrons. The van der Waals surface area contributed by atoms with E-state index in [9.17, 15) is 9.59 Å². The van der Waals surface area contributed by atoms with Gasteiger partial charge in [0.05, 0.1) is 6.04 Å². The molecule has 1 aliphatic heterocycles. The highest BCUT2D eigenvalue weighted by Gasteiger charge is 2.35. The van der Waals surface area contributed by atoms with E-state index in [0.717, 1.165) is 6.54 Å². The van der Waals surface area contributed by atoms with Gasteiger partial charge in [0.1, 0.15) is 6.04 Å². The van der Waals surface area contributed by atoms with E-state index in [1.807, 2.05) is 25.7 Å². The molecule has 1 heterocycles. The number of likely N-dealkylation sites (N-methyl/N-ethyl adjacent to an activating group) is 1. The summed E-state index contributed by atoms with van der Waals surface area (Å²) in [4.78, 5) is 27.8. The highest BCUT2D eigenvalue weighted by molar-refractivity contribution is 5.85. The van der Waals surface area contributed by atoms with Crippen LogP contribution in [0.2, 0.25) is 0 Å². The molecule has 1 fully saturated rings. The van der Waals surface area contributed by atoms with Gasteiger partial charge in [0.25, 0.3) is 0 Å². The summed E-state index contributed by atoms with van der Waals surface area (Å²) in [6.45, 7) is 7.83. The van der Waals surface area contributed by atoms with Gasteiger partial charge in [-0.05, 0) is 20.8 Å². The third kappa shape index (κ3) is 4.18. The number of hydrogen-bond donors (Lipinski definition) is 2. The third-order valence-corrected chi connectivity index (χ3v) is 3.32. The molecule has 0 bridgehead atoms. The van der Waals surface area contributed by atoms with Crippen LogP contribution in [0.3, 0.4) is 0 Å². The largest absolute Gasteiger partial charge is 0.353 e. The van der Waals surface area contributed by atoms with Crippen LogP contribution in [-0.4, -0.2) is 73.5 Å². The molecule has 19 heavy (non-hydrogen) atoms. The van der Waals surface area contributed by atoms with Crippen LogP contribution in [0.4, 0.5) is 0 Å². The van der Waals surface area contributed by atoms with Crippen molar-refractivity contribution in [2.75, 3.05) is 33.7 Å². The van der Waals surface area contributed by atoms with Gasteiger partial charge in [-0.1, -0.05) is 0 Å². The summed E-state index contributed by atoms with van der Waals surface area (Å²) in [6.07, 6.45) is 0. The van der Waals surface area contributed by atoms with E-state index < -0.39 is 0 Å². The Morgan fingerprint density at radius 2 is 1.95 bits per heavy atom. The Labute approximate surface area is 115 Å². The monoisotopic (exact) mass is 270 g/mol. The molecule has 0 aromatic rings. The van der Waals surface area contributed by atoms with E-state index in [2.05, 4.69) is 10.6 Å². The summed E-state index contributed by atoms with van der Waals surface area (Å²) in [5.74, 6) is 0.0184. The van der Waals surface area contributed by atoms with E-state index in [1.165, 1.54) is 0 Å². The zero-order valence-corrected chi connectivity index (χ0v) is 12.6. The van der Waals surface area contributed by atoms with Crippen LogP contribution in [0.1, 0.15) is 20.8 Å². The van der Waals surface area contributed by atoms with E-state index in [4.69, 9.17) is 0 Å². The van der Waals surface area contributed by atoms with Crippen LogP contribution >= 0.6 is 0 Å². The number of nitrogens with one attached hydrogen (secondary N) is 2. The highest BCUT2D eigenvalue weighted by Crippen LogP contribution is 2.11. The maximum atomic E-state index is 12.2. The minimum atomic E-state index is -0.293. The van der Waals surface area contributed by atoms with Crippen molar-refractivity contribution in [1.29, 1.82) is 0 Å². The summed E-state index contributed by atoms with van der Waals surface area (Å²) in [5, 5.41) is 6.12. The molecule has 2 atom stereocenters. The zero-order chi connectivity index (χ0) is 14.6. The zero-order valence-electron chi connectivity index (χ0n) is 12.6. The Kier molecular flexibility index (Phi) is 5.75. The lowest BCUT2D eigenvalue weighted by Gasteiger charge is -2.39. The van der Waals surface area contributed by atoms with Crippen molar-refractivity contribution >= 4 is 11.8 Å². The van der Waals surface area contributed by atoms with Gasteiger partial charge in [0.2, 0.25) is 11.8 Å². The van der Waals surface area contributed by atoms with Crippen LogP contribution < -0.4 is 10.6 Å². The predicted molar refractivity (Wildman–Crippen MR) is 74.8 cm³/mol. The number of rotatable bonds is 4. The van der Waals surface area contributed by atoms with Crippen molar-refractivity contribution in [3.8, 4) is 0 Å². The molecular formula is C13H26N4O2. The van der Waals surface area contributed by atoms with E-state index >= 15 is 0 Å². The molecule has 0 aliphatic carbocycles. The van der Waals surface area contributed by atoms with E-state index in [-0.39, 0.29) is 29.9 Å². The summed E-state index contributed by atoms with van der Waals surface area (Å²) < 4.78 is 0. The predicted octanol–water partition coefficient (Wildman–Crippen LogP) is -0.738. The molecule has 1 saturated heterocycles. The Balaban J connectivity index is 2.76. The fraction of sp³-hybridized carbons (Fsp3) is 0.846. The second-order valence-electron chi connectivity index (χ2n) is 5.53. The Bertz CT molecular complexity index is 331. The molecule has 0 aromatic carbocycles. The summed E-state index contributed by atoms with van der Waals surface area (Å²) in [6, 6.07) is -0.448. The first-order valence-corrected chi connectivity index (χ1v) is 6.82. The molecule has 0 saturated carbocycles. The third-order valence-electron chi connectivity index (χ3n) is 3.32. The smallest absolute Gasteiger partial charge is 0.240 e. The SMILES string of the molecule is CC(C)NC(=O)C(C)N1CCNCC1C(=O)N(C)C. The van der Waals surface area contributed by atoms with Gasteiger partial charge in [-0.15, -0.1) is 0 Å². The molecule has 1 rings (SSSR count). The van der Waals surface area contributed by atoms with Crippen molar-refractivity contribution in [1.82, 2.24) is 20.4 Å². The van der Waals surface area contributed by atoms with Crippen LogP contribution in [0.5, 0.6) is 0 Å². The van der Waals surface area contributed by atoms with Crippen molar-refractivity contribution in [3.63, 3.8) is 0 Å². The lowest BCUT2D eigenvalue weighted by molar-refractivity contribution is -0.138. The van der Waals surface area contributed by atoms with Gasteiger partial charge in [0, 0.05) is 39.8 Å². The first kappa shape index (κ1) is 15.9. The summed E-state index contributed by atoms with van der Waals surface area (Å²) in [5.41, 5.74) is 0. The first-order valence-electron chi connectivity index (χ1n) is 6.82. The average molecular weight is 270 g/mol. The van der Waals surface area contributed by atoms with E-state index in [1.54, 1.807) is 19.0 Å². The minimum absolute atomic E-state index is 0.0199. The summed E-state index contributed by atoms with van der Waals surface area (Å²) >= 11 is 0. The topological polar surface area (TPSA) is 64.7 Å². The molecule has 1 aliphatic rings. The number of nitrogens with zero attached hydrogens (tertiary/aromatic N) is 2. The lowest BCUT2D eigenvalue weighted by atomic mass is 10.1. The van der Waals surface area contributed by atoms with Gasteiger partial charge in [-0.2, -0.15) is 0 Å². The van der Waals surface area contributed by atoms with Crippen molar-refractivity contribution in [2.24, 2.45) is 0 Å². The molecule has 2 amide bonds. The normalized spacial score (nSPS) is 22.1. The number of carbonyl (C=O) groups excluding carboxylic acids is 2. The number of carbonyl (C=O) groups is 2. The van der Waals surface area contributed by atoms with Gasteiger partial charge >= 0.3 is 0 Å². The molecular weight excluding hydrogens is 244 g/mol. The quantitative estimate of drug-likeness (QED) is 0.706. The van der Waals surface area contributed by atoms with Crippen molar-refractivity contribution in [2.45, 2.75) is 38.9 Å². The molecule has 110 valence electrons. The molecule has 0 spiro atoms. The Hall–Kier alpha value is -1.14. The molecule has 0 aromatic heterocycles. The maximum Gasteiger partial charge on any atom is 0.240 e. The van der Waals surface area contributed by atoms with Crippen LogP contribution in [0.15, 0.2) is 0 Å². The van der Waals surface area contributed by atoms with Crippen molar-refractivity contribution in [3.05, 3.63) is 0 Å². The number of amides is 2. The van der Waals surface area contributed by atoms with Crippen LogP contribution in [-0.2, 0) is 9.59 Å². The lowest BCUT2D eigenvalue weighted by Crippen LogP contribution is -2.62. The number of hydrogen-bond acceptors (Lipinski definition) is 4. The minimum Gasteiger partial charge on any atom is -0.353 e. The molecule has 2 N–H and O–H groups in total. The van der Waals surface area contributed by atoms with Gasteiger partial charge in [0.15, 0.2) is 0 Å². The Morgan fingerprint density at radius 1 is 1.32 bits per heavy atom. The second-order valence-corrected chi connectivity index (χ2v) is 5.53. The molecule has 2 unspecified atom stereocenters. The first-order chi connectivity index (χ1) is 8.84. The number of piperazine rings is 1. The fourth-order valence-corrected chi connectivity index (χ4v) is 2.27. The highest BCUT2D eigenvalue weighted by atomic mass is 16.2. The summed E-state index contributed by atoms with van der Waals surface area (Å²) in [7, 11) is 3.49. The second kappa shape index (κ2) is 6.86. The van der Waals surface area contributed by atoms with Crippen LogP contribution in [0, 0.1) is 0 Å². The van der Waals surface area contributed by atoms with Gasteiger partial charge in [-0.3, -0.25) is 14.5 Å². The van der Waals surface area contributed by atoms with Crippen LogP contribution in [0.25, 0.3) is 0 Å². The van der Waals surface area contributed by atoms with Gasteiger partial charge in [-0.25, -0.2) is 0 Å². The fourth-order valence-electron chi connectivity index (χ4n) is 2.27. The maximum absolute atomic E-state index is 12.2. The van der Waals surface area contributed by atoms with Gasteiger partial charge < -0.3 is 15.5 Å². The Morgan fingerprint density at radius 3 is 2.47 bits per heavy atom. The van der Waals surface area contributed by atoms with E-state index in [0.29, 0.717) is 13.1 Å². The average Bonchev–Trinajstić information content (AvgIpc) is 2.36. The molecule has 6 heteroatoms. The molecule has 6 nitrogen and oxygen atoms in total. The van der Waals surface area contributed by atoms with Crippen molar-refractivity contribution < 1.29 is 9.59 Å². The standard InChI is InChI=1S/C13H26N4O2/c1-9(2)15-12(18)10(3)17-7-6-14-8-11(17)13(19)16(4)5/h9-11,14H,6-8H2,1-5H3,(H,15,18).